The van der Waals surface area contributed by atoms with Gasteiger partial charge in [-0.3, -0.25) is 4.79 Å². The van der Waals surface area contributed by atoms with Crippen LogP contribution in [0.15, 0.2) is 18.2 Å². The van der Waals surface area contributed by atoms with Gasteiger partial charge in [0.15, 0.2) is 11.5 Å². The topological polar surface area (TPSA) is 70.0 Å². The number of benzene rings is 1. The van der Waals surface area contributed by atoms with E-state index in [4.69, 9.17) is 4.74 Å². The number of piperidine rings is 1. The lowest BCUT2D eigenvalue weighted by Crippen LogP contribution is -2.39. The molecule has 0 aliphatic carbocycles. The highest BCUT2D eigenvalue weighted by Crippen LogP contribution is 2.30. The van der Waals surface area contributed by atoms with Crippen LogP contribution >= 0.6 is 0 Å². The van der Waals surface area contributed by atoms with E-state index in [0.29, 0.717) is 19.0 Å². The number of hydrogen-bond acceptors (Lipinski definition) is 4. The minimum atomic E-state index is -0.341. The Morgan fingerprint density at radius 1 is 1.37 bits per heavy atom. The minimum Gasteiger partial charge on any atom is -0.504 e. The zero-order valence-corrected chi connectivity index (χ0v) is 11.0. The first-order valence-electron chi connectivity index (χ1n) is 6.42. The first-order valence-corrected chi connectivity index (χ1v) is 6.42. The number of likely N-dealkylation sites (tertiary alicyclic amines) is 1. The second kappa shape index (κ2) is 5.93. The lowest BCUT2D eigenvalue weighted by atomic mass is 9.97. The lowest BCUT2D eigenvalue weighted by Gasteiger charge is -2.31. The number of rotatable bonds is 3. The van der Waals surface area contributed by atoms with E-state index in [0.717, 1.165) is 19.4 Å². The van der Waals surface area contributed by atoms with Crippen LogP contribution in [0.4, 0.5) is 0 Å². The maximum atomic E-state index is 12.3. The van der Waals surface area contributed by atoms with Gasteiger partial charge in [0.1, 0.15) is 0 Å². The molecule has 2 rings (SSSR count). The molecule has 1 fully saturated rings. The Morgan fingerprint density at radius 2 is 2.05 bits per heavy atom. The molecule has 0 saturated carbocycles. The van der Waals surface area contributed by atoms with Crippen molar-refractivity contribution in [1.82, 2.24) is 4.90 Å². The maximum absolute atomic E-state index is 12.3. The third-order valence-corrected chi connectivity index (χ3v) is 3.55. The SMILES string of the molecule is COCC1CCN(C(=O)c2cccc(O)c2O)CC1. The first-order chi connectivity index (χ1) is 9.13. The number of nitrogens with zero attached hydrogens (tertiary/aromatic N) is 1. The summed E-state index contributed by atoms with van der Waals surface area (Å²) in [5.74, 6) is -0.345. The summed E-state index contributed by atoms with van der Waals surface area (Å²) in [5, 5.41) is 19.1. The van der Waals surface area contributed by atoms with Gasteiger partial charge in [0.2, 0.25) is 0 Å². The molecule has 19 heavy (non-hydrogen) atoms. The zero-order chi connectivity index (χ0) is 13.8. The van der Waals surface area contributed by atoms with Crippen molar-refractivity contribution in [2.75, 3.05) is 26.8 Å². The summed E-state index contributed by atoms with van der Waals surface area (Å²) < 4.78 is 5.12. The molecule has 1 aliphatic heterocycles. The molecule has 1 aromatic rings. The van der Waals surface area contributed by atoms with Crippen LogP contribution in [0, 0.1) is 5.92 Å². The van der Waals surface area contributed by atoms with Gasteiger partial charge >= 0.3 is 0 Å². The van der Waals surface area contributed by atoms with Crippen molar-refractivity contribution in [1.29, 1.82) is 0 Å². The molecule has 104 valence electrons. The molecule has 0 unspecified atom stereocenters. The number of phenols is 2. The molecule has 5 heteroatoms. The monoisotopic (exact) mass is 265 g/mol. The van der Waals surface area contributed by atoms with Crippen LogP contribution in [-0.2, 0) is 4.74 Å². The third kappa shape index (κ3) is 2.98. The Kier molecular flexibility index (Phi) is 4.27. The zero-order valence-electron chi connectivity index (χ0n) is 11.0. The summed E-state index contributed by atoms with van der Waals surface area (Å²) in [5.41, 5.74) is 0.158. The quantitative estimate of drug-likeness (QED) is 0.814. The summed E-state index contributed by atoms with van der Waals surface area (Å²) in [6, 6.07) is 4.44. The molecular formula is C14H19NO4. The number of aromatic hydroxyl groups is 2. The van der Waals surface area contributed by atoms with Crippen LogP contribution in [0.25, 0.3) is 0 Å². The van der Waals surface area contributed by atoms with Gasteiger partial charge in [-0.15, -0.1) is 0 Å². The highest BCUT2D eigenvalue weighted by Gasteiger charge is 2.25. The number of ether oxygens (including phenoxy) is 1. The summed E-state index contributed by atoms with van der Waals surface area (Å²) in [6.07, 6.45) is 1.80. The average molecular weight is 265 g/mol. The first kappa shape index (κ1) is 13.7. The number of para-hydroxylation sites is 1. The highest BCUT2D eigenvalue weighted by atomic mass is 16.5. The number of carbonyl (C=O) groups is 1. The van der Waals surface area contributed by atoms with Crippen molar-refractivity contribution in [2.24, 2.45) is 5.92 Å². The number of hydrogen-bond donors (Lipinski definition) is 2. The van der Waals surface area contributed by atoms with Crippen LogP contribution < -0.4 is 0 Å². The Morgan fingerprint density at radius 3 is 2.68 bits per heavy atom. The van der Waals surface area contributed by atoms with E-state index >= 15 is 0 Å². The molecule has 1 amide bonds. The fraction of sp³-hybridized carbons (Fsp3) is 0.500. The summed E-state index contributed by atoms with van der Waals surface area (Å²) in [4.78, 5) is 14.0. The standard InChI is InChI=1S/C14H19NO4/c1-19-9-10-5-7-15(8-6-10)14(18)11-3-2-4-12(16)13(11)17/h2-4,10,16-17H,5-9H2,1H3. The average Bonchev–Trinajstić information content (AvgIpc) is 2.42. The Labute approximate surface area is 112 Å². The van der Waals surface area contributed by atoms with E-state index in [-0.39, 0.29) is 23.0 Å². The number of phenolic OH excluding ortho intramolecular Hbond substituents is 2. The summed E-state index contributed by atoms with van der Waals surface area (Å²) in [6.45, 7) is 2.03. The number of carbonyl (C=O) groups excluding carboxylic acids is 1. The molecule has 0 bridgehead atoms. The smallest absolute Gasteiger partial charge is 0.257 e. The van der Waals surface area contributed by atoms with E-state index in [2.05, 4.69) is 0 Å². The normalized spacial score (nSPS) is 16.6. The van der Waals surface area contributed by atoms with Crippen LogP contribution in [0.1, 0.15) is 23.2 Å². The van der Waals surface area contributed by atoms with Gasteiger partial charge in [-0.05, 0) is 30.9 Å². The van der Waals surface area contributed by atoms with Gasteiger partial charge in [0.05, 0.1) is 5.56 Å². The summed E-state index contributed by atoms with van der Waals surface area (Å²) in [7, 11) is 1.68. The van der Waals surface area contributed by atoms with Gasteiger partial charge in [-0.1, -0.05) is 6.07 Å². The van der Waals surface area contributed by atoms with E-state index in [1.807, 2.05) is 0 Å². The van der Waals surface area contributed by atoms with E-state index in [1.54, 1.807) is 18.1 Å². The van der Waals surface area contributed by atoms with E-state index in [9.17, 15) is 15.0 Å². The number of methoxy groups -OCH3 is 1. The van der Waals surface area contributed by atoms with Crippen LogP contribution in [0.2, 0.25) is 0 Å². The fourth-order valence-electron chi connectivity index (χ4n) is 2.41. The molecule has 2 N–H and O–H groups in total. The molecule has 1 heterocycles. The largest absolute Gasteiger partial charge is 0.504 e. The number of amides is 1. The van der Waals surface area contributed by atoms with E-state index in [1.165, 1.54) is 12.1 Å². The molecule has 0 radical (unpaired) electrons. The van der Waals surface area contributed by atoms with Gasteiger partial charge in [0, 0.05) is 26.8 Å². The molecule has 0 aromatic heterocycles. The van der Waals surface area contributed by atoms with Gasteiger partial charge in [0.25, 0.3) is 5.91 Å². The molecule has 1 saturated heterocycles. The van der Waals surface area contributed by atoms with Crippen molar-refractivity contribution >= 4 is 5.91 Å². The van der Waals surface area contributed by atoms with Crippen LogP contribution in [0.5, 0.6) is 11.5 Å². The highest BCUT2D eigenvalue weighted by molar-refractivity contribution is 5.97. The second-order valence-electron chi connectivity index (χ2n) is 4.86. The molecule has 5 nitrogen and oxygen atoms in total. The van der Waals surface area contributed by atoms with Gasteiger partial charge in [-0.25, -0.2) is 0 Å². The van der Waals surface area contributed by atoms with Crippen molar-refractivity contribution in [3.05, 3.63) is 23.8 Å². The van der Waals surface area contributed by atoms with Crippen LogP contribution in [-0.4, -0.2) is 47.8 Å². The third-order valence-electron chi connectivity index (χ3n) is 3.55. The lowest BCUT2D eigenvalue weighted by molar-refractivity contribution is 0.0610. The molecule has 0 atom stereocenters. The second-order valence-corrected chi connectivity index (χ2v) is 4.86. The maximum Gasteiger partial charge on any atom is 0.257 e. The molecule has 1 aromatic carbocycles. The Hall–Kier alpha value is -1.75. The van der Waals surface area contributed by atoms with E-state index < -0.39 is 0 Å². The van der Waals surface area contributed by atoms with Gasteiger partial charge < -0.3 is 19.8 Å². The fourth-order valence-corrected chi connectivity index (χ4v) is 2.41. The Bertz CT molecular complexity index is 453. The predicted molar refractivity (Wildman–Crippen MR) is 70.3 cm³/mol. The van der Waals surface area contributed by atoms with Crippen molar-refractivity contribution in [3.63, 3.8) is 0 Å². The van der Waals surface area contributed by atoms with Crippen molar-refractivity contribution in [2.45, 2.75) is 12.8 Å². The van der Waals surface area contributed by atoms with Crippen molar-refractivity contribution < 1.29 is 19.7 Å². The molecule has 1 aliphatic rings. The van der Waals surface area contributed by atoms with Gasteiger partial charge in [-0.2, -0.15) is 0 Å². The molecule has 0 spiro atoms. The minimum absolute atomic E-state index is 0.158. The van der Waals surface area contributed by atoms with Crippen LogP contribution in [0.3, 0.4) is 0 Å². The van der Waals surface area contributed by atoms with Crippen molar-refractivity contribution in [3.8, 4) is 11.5 Å². The summed E-state index contributed by atoms with van der Waals surface area (Å²) >= 11 is 0. The molecular weight excluding hydrogens is 246 g/mol. The predicted octanol–water partition coefficient (Wildman–Crippen LogP) is 1.60. The Balaban J connectivity index is 2.03.